The van der Waals surface area contributed by atoms with Gasteiger partial charge in [0.1, 0.15) is 6.61 Å². The number of anilines is 1. The van der Waals surface area contributed by atoms with Crippen LogP contribution in [0.25, 0.3) is 0 Å². The molecule has 2 rings (SSSR count). The van der Waals surface area contributed by atoms with Gasteiger partial charge in [0.15, 0.2) is 0 Å². The van der Waals surface area contributed by atoms with Crippen molar-refractivity contribution in [3.05, 3.63) is 66.9 Å². The van der Waals surface area contributed by atoms with E-state index in [0.717, 1.165) is 5.56 Å². The molecule has 0 saturated carbocycles. The topological polar surface area (TPSA) is 51.2 Å². The molecule has 1 aromatic heterocycles. The molecule has 120 valence electrons. The maximum Gasteiger partial charge on any atom is 0.230 e. The molecule has 0 radical (unpaired) electrons. The molecule has 0 fully saturated rings. The van der Waals surface area contributed by atoms with Crippen LogP contribution in [0.5, 0.6) is 5.88 Å². The summed E-state index contributed by atoms with van der Waals surface area (Å²) in [6.07, 6.45) is 3.92. The van der Waals surface area contributed by atoms with Crippen LogP contribution < -0.4 is 10.1 Å². The summed E-state index contributed by atoms with van der Waals surface area (Å²) >= 11 is 0. The Morgan fingerprint density at radius 1 is 1.26 bits per heavy atom. The largest absolute Gasteiger partial charge is 0.473 e. The van der Waals surface area contributed by atoms with Gasteiger partial charge in [-0.1, -0.05) is 56.8 Å². The molecule has 0 aliphatic heterocycles. The number of rotatable bonds is 7. The standard InChI is InChI=1S/C19H22N2O2/c1-4-12-23-17-11-10-16(14-20-17)21-18(22)19(2,3)13-15-8-6-5-7-9-15/h4-11,14H,1,12-13H2,2-3H3,(H,21,22). The number of carbonyl (C=O) groups excluding carboxylic acids is 1. The number of nitrogens with zero attached hydrogens (tertiary/aromatic N) is 1. The van der Waals surface area contributed by atoms with Crippen molar-refractivity contribution >= 4 is 11.6 Å². The fourth-order valence-electron chi connectivity index (χ4n) is 2.17. The number of ether oxygens (including phenoxy) is 1. The van der Waals surface area contributed by atoms with Gasteiger partial charge in [0, 0.05) is 11.5 Å². The van der Waals surface area contributed by atoms with Crippen LogP contribution in [0.3, 0.4) is 0 Å². The van der Waals surface area contributed by atoms with Gasteiger partial charge in [0.05, 0.1) is 11.9 Å². The molecule has 23 heavy (non-hydrogen) atoms. The lowest BCUT2D eigenvalue weighted by atomic mass is 9.85. The van der Waals surface area contributed by atoms with E-state index < -0.39 is 5.41 Å². The number of benzene rings is 1. The number of hydrogen-bond donors (Lipinski definition) is 1. The van der Waals surface area contributed by atoms with Gasteiger partial charge in [0.2, 0.25) is 11.8 Å². The van der Waals surface area contributed by atoms with Crippen LogP contribution in [0.15, 0.2) is 61.3 Å². The lowest BCUT2D eigenvalue weighted by Crippen LogP contribution is -2.32. The van der Waals surface area contributed by atoms with Gasteiger partial charge in [-0.3, -0.25) is 4.79 Å². The average Bonchev–Trinajstić information content (AvgIpc) is 2.54. The first kappa shape index (κ1) is 16.7. The number of amides is 1. The highest BCUT2D eigenvalue weighted by Crippen LogP contribution is 2.24. The summed E-state index contributed by atoms with van der Waals surface area (Å²) in [4.78, 5) is 16.7. The monoisotopic (exact) mass is 310 g/mol. The first-order valence-corrected chi connectivity index (χ1v) is 7.56. The fraction of sp³-hybridized carbons (Fsp3) is 0.263. The Balaban J connectivity index is 1.98. The quantitative estimate of drug-likeness (QED) is 0.790. The molecule has 0 aliphatic rings. The maximum absolute atomic E-state index is 12.5. The summed E-state index contributed by atoms with van der Waals surface area (Å²) in [5.41, 5.74) is 1.28. The number of pyridine rings is 1. The van der Waals surface area contributed by atoms with Crippen molar-refractivity contribution in [1.82, 2.24) is 4.98 Å². The van der Waals surface area contributed by atoms with Crippen LogP contribution in [0.1, 0.15) is 19.4 Å². The predicted molar refractivity (Wildman–Crippen MR) is 92.5 cm³/mol. The smallest absolute Gasteiger partial charge is 0.230 e. The second-order valence-electron chi connectivity index (χ2n) is 5.99. The highest BCUT2D eigenvalue weighted by Gasteiger charge is 2.28. The Hall–Kier alpha value is -2.62. The Morgan fingerprint density at radius 3 is 2.61 bits per heavy atom. The molecule has 0 unspecified atom stereocenters. The van der Waals surface area contributed by atoms with E-state index in [-0.39, 0.29) is 5.91 Å². The van der Waals surface area contributed by atoms with E-state index in [1.807, 2.05) is 44.2 Å². The van der Waals surface area contributed by atoms with Crippen molar-refractivity contribution in [3.8, 4) is 5.88 Å². The minimum atomic E-state index is -0.515. The van der Waals surface area contributed by atoms with Crippen molar-refractivity contribution in [2.75, 3.05) is 11.9 Å². The molecular formula is C19H22N2O2. The van der Waals surface area contributed by atoms with E-state index in [4.69, 9.17) is 4.74 Å². The van der Waals surface area contributed by atoms with Gasteiger partial charge in [-0.2, -0.15) is 0 Å². The third-order valence-corrected chi connectivity index (χ3v) is 3.45. The molecule has 4 heteroatoms. The molecule has 1 N–H and O–H groups in total. The van der Waals surface area contributed by atoms with Gasteiger partial charge >= 0.3 is 0 Å². The van der Waals surface area contributed by atoms with E-state index in [2.05, 4.69) is 16.9 Å². The minimum absolute atomic E-state index is 0.0390. The molecule has 0 saturated heterocycles. The van der Waals surface area contributed by atoms with Crippen LogP contribution in [0, 0.1) is 5.41 Å². The summed E-state index contributed by atoms with van der Waals surface area (Å²) in [5, 5.41) is 2.91. The lowest BCUT2D eigenvalue weighted by molar-refractivity contribution is -0.123. The molecule has 1 amide bonds. The number of nitrogens with one attached hydrogen (secondary N) is 1. The zero-order chi connectivity index (χ0) is 16.7. The molecule has 4 nitrogen and oxygen atoms in total. The summed E-state index contributed by atoms with van der Waals surface area (Å²) < 4.78 is 5.32. The zero-order valence-corrected chi connectivity index (χ0v) is 13.6. The van der Waals surface area contributed by atoms with Gasteiger partial charge in [-0.25, -0.2) is 4.98 Å². The van der Waals surface area contributed by atoms with Crippen LogP contribution in [0.2, 0.25) is 0 Å². The molecule has 0 atom stereocenters. The van der Waals surface area contributed by atoms with Crippen LogP contribution >= 0.6 is 0 Å². The third-order valence-electron chi connectivity index (χ3n) is 3.45. The zero-order valence-electron chi connectivity index (χ0n) is 13.6. The van der Waals surface area contributed by atoms with Gasteiger partial charge in [-0.05, 0) is 18.1 Å². The van der Waals surface area contributed by atoms with Gasteiger partial charge < -0.3 is 10.1 Å². The summed E-state index contributed by atoms with van der Waals surface area (Å²) in [5.74, 6) is 0.467. The van der Waals surface area contributed by atoms with Crippen LogP contribution in [-0.4, -0.2) is 17.5 Å². The van der Waals surface area contributed by atoms with E-state index in [0.29, 0.717) is 24.6 Å². The van der Waals surface area contributed by atoms with E-state index in [1.165, 1.54) is 0 Å². The van der Waals surface area contributed by atoms with Crippen molar-refractivity contribution in [1.29, 1.82) is 0 Å². The second-order valence-corrected chi connectivity index (χ2v) is 5.99. The molecule has 1 aromatic carbocycles. The molecular weight excluding hydrogens is 288 g/mol. The van der Waals surface area contributed by atoms with Crippen LogP contribution in [0.4, 0.5) is 5.69 Å². The summed E-state index contributed by atoms with van der Waals surface area (Å²) in [6, 6.07) is 13.5. The molecule has 2 aromatic rings. The van der Waals surface area contributed by atoms with Crippen molar-refractivity contribution < 1.29 is 9.53 Å². The first-order chi connectivity index (χ1) is 11.0. The summed E-state index contributed by atoms with van der Waals surface area (Å²) in [6.45, 7) is 7.86. The van der Waals surface area contributed by atoms with E-state index in [9.17, 15) is 4.79 Å². The van der Waals surface area contributed by atoms with Crippen molar-refractivity contribution in [2.45, 2.75) is 20.3 Å². The number of carbonyl (C=O) groups is 1. The van der Waals surface area contributed by atoms with Crippen LogP contribution in [-0.2, 0) is 11.2 Å². The van der Waals surface area contributed by atoms with Crippen molar-refractivity contribution in [3.63, 3.8) is 0 Å². The lowest BCUT2D eigenvalue weighted by Gasteiger charge is -2.23. The van der Waals surface area contributed by atoms with E-state index in [1.54, 1.807) is 24.4 Å². The molecule has 0 spiro atoms. The van der Waals surface area contributed by atoms with Gasteiger partial charge in [0.25, 0.3) is 0 Å². The van der Waals surface area contributed by atoms with Crippen molar-refractivity contribution in [2.24, 2.45) is 5.41 Å². The Bertz CT molecular complexity index is 649. The number of aromatic nitrogens is 1. The minimum Gasteiger partial charge on any atom is -0.473 e. The molecule has 0 bridgehead atoms. The third kappa shape index (κ3) is 4.95. The Morgan fingerprint density at radius 2 is 2.00 bits per heavy atom. The second kappa shape index (κ2) is 7.58. The summed E-state index contributed by atoms with van der Waals surface area (Å²) in [7, 11) is 0. The Labute approximate surface area is 137 Å². The first-order valence-electron chi connectivity index (χ1n) is 7.56. The normalized spacial score (nSPS) is 10.9. The molecule has 0 aliphatic carbocycles. The molecule has 1 heterocycles. The number of hydrogen-bond acceptors (Lipinski definition) is 3. The highest BCUT2D eigenvalue weighted by molar-refractivity contribution is 5.94. The predicted octanol–water partition coefficient (Wildman–Crippen LogP) is 3.85. The van der Waals surface area contributed by atoms with E-state index >= 15 is 0 Å². The Kier molecular flexibility index (Phi) is 5.52. The maximum atomic E-state index is 12.5. The highest BCUT2D eigenvalue weighted by atomic mass is 16.5. The SMILES string of the molecule is C=CCOc1ccc(NC(=O)C(C)(C)Cc2ccccc2)cn1. The fourth-order valence-corrected chi connectivity index (χ4v) is 2.17. The average molecular weight is 310 g/mol. The van der Waals surface area contributed by atoms with Gasteiger partial charge in [-0.15, -0.1) is 0 Å².